The lowest BCUT2D eigenvalue weighted by Gasteiger charge is -2.30. The Morgan fingerprint density at radius 1 is 1.56 bits per heavy atom. The van der Waals surface area contributed by atoms with Crippen LogP contribution in [-0.4, -0.2) is 50.6 Å². The maximum atomic E-state index is 12.1. The molecule has 1 aliphatic rings. The van der Waals surface area contributed by atoms with Crippen molar-refractivity contribution in [2.45, 2.75) is 32.2 Å². The smallest absolute Gasteiger partial charge is 0.239 e. The number of likely N-dealkylation sites (N-methyl/N-ethyl adjacent to an activating group) is 1. The fourth-order valence-electron chi connectivity index (χ4n) is 2.16. The summed E-state index contributed by atoms with van der Waals surface area (Å²) in [6, 6.07) is 0.0448. The van der Waals surface area contributed by atoms with Crippen LogP contribution in [0.2, 0.25) is 0 Å². The van der Waals surface area contributed by atoms with Gasteiger partial charge in [0.05, 0.1) is 6.04 Å². The average molecular weight is 227 g/mol. The van der Waals surface area contributed by atoms with Crippen LogP contribution in [0.4, 0.5) is 0 Å². The molecule has 0 bridgehead atoms. The maximum Gasteiger partial charge on any atom is 0.239 e. The molecular weight excluding hydrogens is 202 g/mol. The summed E-state index contributed by atoms with van der Waals surface area (Å²) < 4.78 is 0. The Balaban J connectivity index is 2.31. The Kier molecular flexibility index (Phi) is 5.77. The Morgan fingerprint density at radius 3 is 2.94 bits per heavy atom. The van der Waals surface area contributed by atoms with Crippen molar-refractivity contribution in [3.05, 3.63) is 0 Å². The minimum absolute atomic E-state index is 0.0448. The zero-order valence-electron chi connectivity index (χ0n) is 10.8. The molecule has 1 aliphatic heterocycles. The number of carbonyl (C=O) groups is 1. The van der Waals surface area contributed by atoms with E-state index < -0.39 is 0 Å². The average Bonchev–Trinajstić information content (AvgIpc) is 2.28. The Hall–Kier alpha value is -0.610. The van der Waals surface area contributed by atoms with Crippen LogP contribution in [0.15, 0.2) is 0 Å². The zero-order valence-corrected chi connectivity index (χ0v) is 10.8. The van der Waals surface area contributed by atoms with Crippen molar-refractivity contribution in [3.8, 4) is 0 Å². The number of rotatable bonds is 5. The van der Waals surface area contributed by atoms with Crippen molar-refractivity contribution in [3.63, 3.8) is 0 Å². The van der Waals surface area contributed by atoms with Crippen LogP contribution in [0.25, 0.3) is 0 Å². The second-order valence-electron chi connectivity index (χ2n) is 4.85. The second kappa shape index (κ2) is 6.86. The van der Waals surface area contributed by atoms with E-state index in [1.54, 1.807) is 0 Å². The number of amides is 1. The predicted octanol–water partition coefficient (Wildman–Crippen LogP) is 0.442. The predicted molar refractivity (Wildman–Crippen MR) is 66.4 cm³/mol. The lowest BCUT2D eigenvalue weighted by molar-refractivity contribution is -0.133. The number of hydrogen-bond acceptors (Lipinski definition) is 3. The summed E-state index contributed by atoms with van der Waals surface area (Å²) in [5.41, 5.74) is 0. The molecule has 0 aromatic rings. The number of nitrogens with zero attached hydrogens (tertiary/aromatic N) is 1. The molecule has 1 fully saturated rings. The molecule has 1 rings (SSSR count). The van der Waals surface area contributed by atoms with Crippen LogP contribution in [0.5, 0.6) is 0 Å². The van der Waals surface area contributed by atoms with Crippen molar-refractivity contribution in [2.24, 2.45) is 5.92 Å². The van der Waals surface area contributed by atoms with Gasteiger partial charge in [0.25, 0.3) is 0 Å². The first kappa shape index (κ1) is 13.5. The zero-order chi connectivity index (χ0) is 12.0. The van der Waals surface area contributed by atoms with Gasteiger partial charge < -0.3 is 15.5 Å². The highest BCUT2D eigenvalue weighted by molar-refractivity contribution is 5.81. The molecule has 0 aliphatic carbocycles. The van der Waals surface area contributed by atoms with E-state index in [-0.39, 0.29) is 11.9 Å². The van der Waals surface area contributed by atoms with Gasteiger partial charge in [-0.25, -0.2) is 0 Å². The first-order chi connectivity index (χ1) is 7.65. The summed E-state index contributed by atoms with van der Waals surface area (Å²) in [5.74, 6) is 0.920. The summed E-state index contributed by atoms with van der Waals surface area (Å²) in [5, 5.41) is 6.41. The van der Waals surface area contributed by atoms with Gasteiger partial charge in [-0.3, -0.25) is 4.79 Å². The highest BCUT2D eigenvalue weighted by Gasteiger charge is 2.26. The first-order valence-corrected chi connectivity index (χ1v) is 6.28. The van der Waals surface area contributed by atoms with E-state index in [0.29, 0.717) is 5.92 Å². The molecule has 1 saturated heterocycles. The van der Waals surface area contributed by atoms with Crippen LogP contribution >= 0.6 is 0 Å². The highest BCUT2D eigenvalue weighted by Crippen LogP contribution is 2.16. The third-order valence-electron chi connectivity index (χ3n) is 3.26. The van der Waals surface area contributed by atoms with Crippen molar-refractivity contribution >= 4 is 5.91 Å². The third kappa shape index (κ3) is 4.10. The van der Waals surface area contributed by atoms with Gasteiger partial charge >= 0.3 is 0 Å². The second-order valence-corrected chi connectivity index (χ2v) is 4.85. The van der Waals surface area contributed by atoms with Gasteiger partial charge in [-0.1, -0.05) is 6.92 Å². The molecule has 4 heteroatoms. The van der Waals surface area contributed by atoms with E-state index in [2.05, 4.69) is 17.6 Å². The van der Waals surface area contributed by atoms with Crippen LogP contribution in [-0.2, 0) is 4.79 Å². The number of hydrogen-bond donors (Lipinski definition) is 2. The lowest BCUT2D eigenvalue weighted by atomic mass is 9.93. The quantitative estimate of drug-likeness (QED) is 0.670. The number of carbonyl (C=O) groups excluding carboxylic acids is 1. The molecule has 0 saturated carbocycles. The van der Waals surface area contributed by atoms with E-state index in [0.717, 1.165) is 32.5 Å². The van der Waals surface area contributed by atoms with Crippen molar-refractivity contribution in [1.29, 1.82) is 0 Å². The third-order valence-corrected chi connectivity index (χ3v) is 3.26. The molecule has 16 heavy (non-hydrogen) atoms. The molecule has 94 valence electrons. The molecular formula is C12H25N3O. The van der Waals surface area contributed by atoms with Gasteiger partial charge in [-0.2, -0.15) is 0 Å². The van der Waals surface area contributed by atoms with Crippen LogP contribution < -0.4 is 10.6 Å². The Morgan fingerprint density at radius 2 is 2.31 bits per heavy atom. The largest absolute Gasteiger partial charge is 0.344 e. The summed E-state index contributed by atoms with van der Waals surface area (Å²) in [4.78, 5) is 13.9. The van der Waals surface area contributed by atoms with Crippen molar-refractivity contribution < 1.29 is 4.79 Å². The minimum Gasteiger partial charge on any atom is -0.344 e. The van der Waals surface area contributed by atoms with Gasteiger partial charge in [0, 0.05) is 13.6 Å². The summed E-state index contributed by atoms with van der Waals surface area (Å²) in [6.45, 7) is 5.00. The van der Waals surface area contributed by atoms with E-state index >= 15 is 0 Å². The molecule has 4 nitrogen and oxygen atoms in total. The number of nitrogens with one attached hydrogen (secondary N) is 2. The lowest BCUT2D eigenvalue weighted by Crippen LogP contribution is -2.49. The number of piperidine rings is 1. The molecule has 0 spiro atoms. The van der Waals surface area contributed by atoms with Crippen molar-refractivity contribution in [2.75, 3.05) is 33.7 Å². The van der Waals surface area contributed by atoms with E-state index in [1.165, 1.54) is 6.42 Å². The van der Waals surface area contributed by atoms with Gasteiger partial charge in [0.15, 0.2) is 0 Å². The first-order valence-electron chi connectivity index (χ1n) is 6.28. The molecule has 2 unspecified atom stereocenters. The topological polar surface area (TPSA) is 44.4 Å². The fourth-order valence-corrected chi connectivity index (χ4v) is 2.16. The van der Waals surface area contributed by atoms with E-state index in [1.807, 2.05) is 19.0 Å². The Labute approximate surface area is 98.8 Å². The maximum absolute atomic E-state index is 12.1. The van der Waals surface area contributed by atoms with Crippen LogP contribution in [0.1, 0.15) is 26.2 Å². The highest BCUT2D eigenvalue weighted by atomic mass is 16.2. The molecule has 0 aromatic heterocycles. The summed E-state index contributed by atoms with van der Waals surface area (Å²) >= 11 is 0. The van der Waals surface area contributed by atoms with Gasteiger partial charge in [0.1, 0.15) is 0 Å². The van der Waals surface area contributed by atoms with Gasteiger partial charge in [-0.05, 0) is 45.3 Å². The summed E-state index contributed by atoms with van der Waals surface area (Å²) in [7, 11) is 3.84. The normalized spacial score (nSPS) is 25.4. The SMILES string of the molecule is CNCCCN(C)C(=O)C1CC(C)CCN1. The van der Waals surface area contributed by atoms with Crippen LogP contribution in [0.3, 0.4) is 0 Å². The Bertz CT molecular complexity index is 220. The monoisotopic (exact) mass is 227 g/mol. The molecule has 1 heterocycles. The minimum atomic E-state index is 0.0448. The standard InChI is InChI=1S/C12H25N3O/c1-10-5-7-14-11(9-10)12(16)15(3)8-4-6-13-2/h10-11,13-14H,4-9H2,1-3H3. The van der Waals surface area contributed by atoms with Crippen molar-refractivity contribution in [1.82, 2.24) is 15.5 Å². The van der Waals surface area contributed by atoms with Gasteiger partial charge in [0.2, 0.25) is 5.91 Å². The molecule has 1 amide bonds. The molecule has 0 aromatic carbocycles. The molecule has 2 N–H and O–H groups in total. The fraction of sp³-hybridized carbons (Fsp3) is 0.917. The van der Waals surface area contributed by atoms with E-state index in [9.17, 15) is 4.79 Å². The van der Waals surface area contributed by atoms with Crippen LogP contribution in [0, 0.1) is 5.92 Å². The summed E-state index contributed by atoms with van der Waals surface area (Å²) in [6.07, 6.45) is 3.18. The van der Waals surface area contributed by atoms with E-state index in [4.69, 9.17) is 0 Å². The molecule has 0 radical (unpaired) electrons. The van der Waals surface area contributed by atoms with Gasteiger partial charge in [-0.15, -0.1) is 0 Å². The molecule has 2 atom stereocenters.